The van der Waals surface area contributed by atoms with E-state index < -0.39 is 5.91 Å². The van der Waals surface area contributed by atoms with E-state index in [9.17, 15) is 9.59 Å². The lowest BCUT2D eigenvalue weighted by Crippen LogP contribution is -2.45. The summed E-state index contributed by atoms with van der Waals surface area (Å²) in [7, 11) is 0. The van der Waals surface area contributed by atoms with Crippen LogP contribution < -0.4 is 10.6 Å². The Morgan fingerprint density at radius 1 is 1.18 bits per heavy atom. The quantitative estimate of drug-likeness (QED) is 0.686. The predicted molar refractivity (Wildman–Crippen MR) is 107 cm³/mol. The molecule has 3 rings (SSSR count). The van der Waals surface area contributed by atoms with E-state index in [4.69, 9.17) is 16.0 Å². The van der Waals surface area contributed by atoms with Crippen LogP contribution in [0.3, 0.4) is 0 Å². The first kappa shape index (κ1) is 19.7. The second kappa shape index (κ2) is 7.90. The van der Waals surface area contributed by atoms with Crippen LogP contribution in [0.2, 0.25) is 5.02 Å². The highest BCUT2D eigenvalue weighted by atomic mass is 35.5. The van der Waals surface area contributed by atoms with E-state index >= 15 is 0 Å². The molecule has 0 aliphatic carbocycles. The van der Waals surface area contributed by atoms with Gasteiger partial charge in [-0.2, -0.15) is 5.10 Å². The molecule has 0 aliphatic heterocycles. The minimum Gasteiger partial charge on any atom is -0.463 e. The smallest absolute Gasteiger partial charge is 0.272 e. The maximum absolute atomic E-state index is 12.5. The van der Waals surface area contributed by atoms with Crippen LogP contribution >= 0.6 is 11.6 Å². The fourth-order valence-electron chi connectivity index (χ4n) is 2.61. The van der Waals surface area contributed by atoms with Gasteiger partial charge in [-0.3, -0.25) is 9.59 Å². The Labute approximate surface area is 167 Å². The highest BCUT2D eigenvalue weighted by Gasteiger charge is 2.20. The zero-order chi connectivity index (χ0) is 20.3. The molecule has 2 heterocycles. The summed E-state index contributed by atoms with van der Waals surface area (Å²) in [5.41, 5.74) is 1.07. The van der Waals surface area contributed by atoms with Crippen LogP contribution in [0.4, 0.5) is 0 Å². The molecule has 2 N–H and O–H groups in total. The minimum absolute atomic E-state index is 0.143. The normalized spacial score (nSPS) is 11.3. The van der Waals surface area contributed by atoms with Crippen LogP contribution in [0.1, 0.15) is 31.3 Å². The molecule has 0 fully saturated rings. The number of rotatable bonds is 5. The van der Waals surface area contributed by atoms with Crippen molar-refractivity contribution in [2.24, 2.45) is 0 Å². The Balaban J connectivity index is 1.85. The summed E-state index contributed by atoms with van der Waals surface area (Å²) in [6.07, 6.45) is 1.54. The number of furan rings is 1. The van der Waals surface area contributed by atoms with Crippen LogP contribution in [-0.2, 0) is 4.79 Å². The number of hydrogen-bond acceptors (Lipinski definition) is 4. The molecule has 8 heteroatoms. The van der Waals surface area contributed by atoms with E-state index in [1.165, 1.54) is 0 Å². The van der Waals surface area contributed by atoms with E-state index in [-0.39, 0.29) is 23.7 Å². The number of nitrogens with zero attached hydrogens (tertiary/aromatic N) is 2. The molecular weight excluding hydrogens is 380 g/mol. The molecule has 1 aromatic carbocycles. The third-order valence-electron chi connectivity index (χ3n) is 3.69. The van der Waals surface area contributed by atoms with Crippen molar-refractivity contribution in [1.82, 2.24) is 20.4 Å². The van der Waals surface area contributed by atoms with Gasteiger partial charge in [0.2, 0.25) is 5.91 Å². The van der Waals surface area contributed by atoms with Crippen molar-refractivity contribution in [1.29, 1.82) is 0 Å². The zero-order valence-corrected chi connectivity index (χ0v) is 16.6. The lowest BCUT2D eigenvalue weighted by atomic mass is 10.1. The van der Waals surface area contributed by atoms with Crippen LogP contribution in [0.25, 0.3) is 17.1 Å². The van der Waals surface area contributed by atoms with E-state index in [0.717, 1.165) is 0 Å². The molecule has 0 saturated carbocycles. The van der Waals surface area contributed by atoms with Crippen LogP contribution in [0.5, 0.6) is 0 Å². The molecule has 0 saturated heterocycles. The molecular formula is C20H21ClN4O3. The van der Waals surface area contributed by atoms with Gasteiger partial charge >= 0.3 is 0 Å². The Morgan fingerprint density at radius 2 is 1.96 bits per heavy atom. The van der Waals surface area contributed by atoms with Crippen molar-refractivity contribution >= 4 is 23.4 Å². The van der Waals surface area contributed by atoms with Crippen molar-refractivity contribution in [2.45, 2.75) is 26.3 Å². The molecule has 0 unspecified atom stereocenters. The number of hydrogen-bond donors (Lipinski definition) is 2. The summed E-state index contributed by atoms with van der Waals surface area (Å²) in [6.45, 7) is 5.47. The third kappa shape index (κ3) is 4.80. The van der Waals surface area contributed by atoms with Gasteiger partial charge in [-0.15, -0.1) is 0 Å². The Bertz CT molecular complexity index is 987. The third-order valence-corrected chi connectivity index (χ3v) is 3.93. The van der Waals surface area contributed by atoms with Crippen molar-refractivity contribution in [3.63, 3.8) is 0 Å². The largest absolute Gasteiger partial charge is 0.463 e. The van der Waals surface area contributed by atoms with E-state index in [0.29, 0.717) is 22.2 Å². The van der Waals surface area contributed by atoms with Crippen molar-refractivity contribution in [3.05, 3.63) is 59.4 Å². The number of carbonyl (C=O) groups excluding carboxylic acids is 2. The summed E-state index contributed by atoms with van der Waals surface area (Å²) >= 11 is 6.09. The summed E-state index contributed by atoms with van der Waals surface area (Å²) < 4.78 is 7.05. The first-order valence-electron chi connectivity index (χ1n) is 8.72. The van der Waals surface area contributed by atoms with Crippen molar-refractivity contribution < 1.29 is 14.0 Å². The predicted octanol–water partition coefficient (Wildman–Crippen LogP) is 3.43. The van der Waals surface area contributed by atoms with Gasteiger partial charge in [0.1, 0.15) is 5.69 Å². The van der Waals surface area contributed by atoms with E-state index in [1.807, 2.05) is 26.8 Å². The van der Waals surface area contributed by atoms with Crippen LogP contribution in [0.15, 0.2) is 53.1 Å². The van der Waals surface area contributed by atoms with Gasteiger partial charge in [-0.1, -0.05) is 17.7 Å². The van der Waals surface area contributed by atoms with Gasteiger partial charge < -0.3 is 15.1 Å². The second-order valence-electron chi connectivity index (χ2n) is 7.26. The van der Waals surface area contributed by atoms with Gasteiger partial charge in [0.15, 0.2) is 11.5 Å². The van der Waals surface area contributed by atoms with Gasteiger partial charge in [0.25, 0.3) is 5.91 Å². The summed E-state index contributed by atoms with van der Waals surface area (Å²) in [6, 6.07) is 12.2. The molecule has 2 aromatic heterocycles. The average Bonchev–Trinajstić information content (AvgIpc) is 3.27. The summed E-state index contributed by atoms with van der Waals surface area (Å²) in [4.78, 5) is 24.5. The Morgan fingerprint density at radius 3 is 2.61 bits per heavy atom. The Hall–Kier alpha value is -3.06. The molecule has 0 atom stereocenters. The molecule has 3 aromatic rings. The number of carbonyl (C=O) groups is 2. The fraction of sp³-hybridized carbons (Fsp3) is 0.250. The number of aromatic nitrogens is 2. The highest BCUT2D eigenvalue weighted by molar-refractivity contribution is 6.30. The maximum atomic E-state index is 12.5. The first-order valence-corrected chi connectivity index (χ1v) is 9.10. The molecule has 0 bridgehead atoms. The van der Waals surface area contributed by atoms with Gasteiger partial charge in [-0.25, -0.2) is 4.68 Å². The van der Waals surface area contributed by atoms with Crippen molar-refractivity contribution in [3.8, 4) is 17.1 Å². The van der Waals surface area contributed by atoms with Crippen molar-refractivity contribution in [2.75, 3.05) is 6.54 Å². The van der Waals surface area contributed by atoms with Crippen LogP contribution in [0, 0.1) is 0 Å². The summed E-state index contributed by atoms with van der Waals surface area (Å²) in [5, 5.41) is 10.3. The van der Waals surface area contributed by atoms with Gasteiger partial charge in [-0.05, 0) is 51.1 Å². The highest BCUT2D eigenvalue weighted by Crippen LogP contribution is 2.25. The first-order chi connectivity index (χ1) is 13.2. The SMILES string of the molecule is CC(C)(C)NC(=O)CNC(=O)c1cc(-c2ccco2)n(-c2cccc(Cl)c2)n1. The van der Waals surface area contributed by atoms with E-state index in [1.54, 1.807) is 47.3 Å². The maximum Gasteiger partial charge on any atom is 0.272 e. The lowest BCUT2D eigenvalue weighted by molar-refractivity contribution is -0.121. The number of halogens is 1. The molecule has 0 spiro atoms. The zero-order valence-electron chi connectivity index (χ0n) is 15.8. The molecule has 146 valence electrons. The minimum atomic E-state index is -0.461. The Kier molecular flexibility index (Phi) is 5.56. The average molecular weight is 401 g/mol. The number of benzene rings is 1. The molecule has 0 aliphatic rings. The van der Waals surface area contributed by atoms with Gasteiger partial charge in [0.05, 0.1) is 18.5 Å². The van der Waals surface area contributed by atoms with E-state index in [2.05, 4.69) is 15.7 Å². The fourth-order valence-corrected chi connectivity index (χ4v) is 2.79. The number of amides is 2. The molecule has 28 heavy (non-hydrogen) atoms. The molecule has 7 nitrogen and oxygen atoms in total. The standard InChI is InChI=1S/C20H21ClN4O3/c1-20(2,3)23-18(26)12-22-19(27)15-11-16(17-8-5-9-28-17)25(24-15)14-7-4-6-13(21)10-14/h4-11H,12H2,1-3H3,(H,22,27)(H,23,26). The molecule has 0 radical (unpaired) electrons. The monoisotopic (exact) mass is 400 g/mol. The topological polar surface area (TPSA) is 89.2 Å². The van der Waals surface area contributed by atoms with Crippen LogP contribution in [-0.4, -0.2) is 33.7 Å². The summed E-state index contributed by atoms with van der Waals surface area (Å²) in [5.74, 6) is -0.184. The lowest BCUT2D eigenvalue weighted by Gasteiger charge is -2.20. The molecule has 2 amide bonds. The second-order valence-corrected chi connectivity index (χ2v) is 7.70. The van der Waals surface area contributed by atoms with Gasteiger partial charge in [0, 0.05) is 16.6 Å². The number of nitrogens with one attached hydrogen (secondary N) is 2.